The summed E-state index contributed by atoms with van der Waals surface area (Å²) in [6, 6.07) is 12.4. The van der Waals surface area contributed by atoms with Gasteiger partial charge in [-0.1, -0.05) is 29.8 Å². The molecule has 132 valence electrons. The van der Waals surface area contributed by atoms with Gasteiger partial charge in [-0.2, -0.15) is 4.98 Å². The largest absolute Gasteiger partial charge is 0.349 e. The Balaban J connectivity index is 1.61. The lowest BCUT2D eigenvalue weighted by Crippen LogP contribution is -2.27. The number of pyridine rings is 1. The maximum Gasteiger partial charge on any atom is 0.349 e. The average molecular weight is 363 g/mol. The van der Waals surface area contributed by atoms with Crippen LogP contribution in [0.4, 0.5) is 0 Å². The predicted octanol–water partition coefficient (Wildman–Crippen LogP) is 3.78. The smallest absolute Gasteiger partial charge is 0.292 e. The maximum absolute atomic E-state index is 12.7. The summed E-state index contributed by atoms with van der Waals surface area (Å²) in [4.78, 5) is 21.2. The van der Waals surface area contributed by atoms with Crippen LogP contribution in [0.5, 0.6) is 0 Å². The van der Waals surface area contributed by atoms with E-state index < -0.39 is 0 Å². The van der Waals surface area contributed by atoms with Crippen molar-refractivity contribution >= 4 is 11.8 Å². The Hall–Kier alpha value is -2.40. The molecule has 2 heterocycles. The van der Waals surface area contributed by atoms with Crippen LogP contribution in [0.15, 0.2) is 58.6 Å². The van der Waals surface area contributed by atoms with Crippen molar-refractivity contribution in [3.8, 4) is 0 Å². The number of rotatable bonds is 5. The van der Waals surface area contributed by atoms with Gasteiger partial charge in [-0.3, -0.25) is 9.55 Å². The molecule has 0 saturated carbocycles. The zero-order valence-electron chi connectivity index (χ0n) is 14.8. The lowest BCUT2D eigenvalue weighted by molar-refractivity contribution is 0.666. The number of hydrogen-bond acceptors (Lipinski definition) is 4. The third-order valence-corrected chi connectivity index (χ3v) is 5.88. The first kappa shape index (κ1) is 17.0. The summed E-state index contributed by atoms with van der Waals surface area (Å²) in [5, 5.41) is 0.911. The average Bonchev–Trinajstić information content (AvgIpc) is 3.15. The molecular formula is C21H21N3OS. The molecule has 3 aromatic rings. The standard InChI is InChI=1S/C21H21N3OS/c1-15-5-7-17(8-6-15)14-26-20-18-3-2-4-19(18)24(21(25)23-20)13-16-9-11-22-12-10-16/h5-12H,2-4,13-14H2,1H3. The van der Waals surface area contributed by atoms with Crippen molar-refractivity contribution in [2.75, 3.05) is 0 Å². The molecule has 0 saturated heterocycles. The van der Waals surface area contributed by atoms with Crippen molar-refractivity contribution in [2.24, 2.45) is 0 Å². The monoisotopic (exact) mass is 363 g/mol. The minimum absolute atomic E-state index is 0.145. The summed E-state index contributed by atoms with van der Waals surface area (Å²) >= 11 is 1.68. The highest BCUT2D eigenvalue weighted by molar-refractivity contribution is 7.98. The van der Waals surface area contributed by atoms with Gasteiger partial charge >= 0.3 is 5.69 Å². The molecule has 0 unspecified atom stereocenters. The van der Waals surface area contributed by atoms with Gasteiger partial charge in [0.25, 0.3) is 0 Å². The molecular weight excluding hydrogens is 342 g/mol. The Kier molecular flexibility index (Phi) is 4.89. The van der Waals surface area contributed by atoms with Gasteiger partial charge in [0.15, 0.2) is 0 Å². The Labute approximate surface area is 157 Å². The van der Waals surface area contributed by atoms with Crippen LogP contribution in [0.3, 0.4) is 0 Å². The van der Waals surface area contributed by atoms with Gasteiger partial charge in [-0.25, -0.2) is 4.79 Å². The van der Waals surface area contributed by atoms with E-state index in [1.54, 1.807) is 24.2 Å². The number of nitrogens with zero attached hydrogens (tertiary/aromatic N) is 3. The fourth-order valence-corrected chi connectivity index (χ4v) is 4.41. The van der Waals surface area contributed by atoms with E-state index in [2.05, 4.69) is 41.2 Å². The maximum atomic E-state index is 12.7. The molecule has 0 fully saturated rings. The third kappa shape index (κ3) is 3.58. The van der Waals surface area contributed by atoms with Crippen molar-refractivity contribution in [3.05, 3.63) is 87.2 Å². The van der Waals surface area contributed by atoms with Crippen LogP contribution in [-0.2, 0) is 25.1 Å². The molecule has 0 spiro atoms. The first-order valence-corrected chi connectivity index (χ1v) is 9.89. The van der Waals surface area contributed by atoms with E-state index in [0.29, 0.717) is 6.54 Å². The van der Waals surface area contributed by atoms with Crippen molar-refractivity contribution in [1.29, 1.82) is 0 Å². The molecule has 0 amide bonds. The van der Waals surface area contributed by atoms with Crippen molar-refractivity contribution in [1.82, 2.24) is 14.5 Å². The number of aryl methyl sites for hydroxylation is 1. The highest BCUT2D eigenvalue weighted by atomic mass is 32.2. The molecule has 4 nitrogen and oxygen atoms in total. The molecule has 1 aromatic carbocycles. The van der Waals surface area contributed by atoms with Crippen molar-refractivity contribution in [3.63, 3.8) is 0 Å². The zero-order chi connectivity index (χ0) is 17.9. The van der Waals surface area contributed by atoms with Gasteiger partial charge < -0.3 is 0 Å². The lowest BCUT2D eigenvalue weighted by atomic mass is 10.2. The Bertz CT molecular complexity index is 965. The van der Waals surface area contributed by atoms with E-state index in [1.807, 2.05) is 16.7 Å². The normalized spacial score (nSPS) is 13.0. The van der Waals surface area contributed by atoms with Crippen molar-refractivity contribution in [2.45, 2.75) is 43.5 Å². The summed E-state index contributed by atoms with van der Waals surface area (Å²) in [6.45, 7) is 2.66. The molecule has 5 heteroatoms. The van der Waals surface area contributed by atoms with E-state index >= 15 is 0 Å². The summed E-state index contributed by atoms with van der Waals surface area (Å²) in [7, 11) is 0. The highest BCUT2D eigenvalue weighted by Gasteiger charge is 2.22. The first-order chi connectivity index (χ1) is 12.7. The fourth-order valence-electron chi connectivity index (χ4n) is 3.38. The number of thioether (sulfide) groups is 1. The summed E-state index contributed by atoms with van der Waals surface area (Å²) < 4.78 is 1.84. The minimum atomic E-state index is -0.145. The third-order valence-electron chi connectivity index (χ3n) is 4.79. The molecule has 4 rings (SSSR count). The number of hydrogen-bond donors (Lipinski definition) is 0. The molecule has 0 bridgehead atoms. The highest BCUT2D eigenvalue weighted by Crippen LogP contribution is 2.31. The SMILES string of the molecule is Cc1ccc(CSc2nc(=O)n(Cc3ccncc3)c3c2CCC3)cc1. The van der Waals surface area contributed by atoms with Gasteiger partial charge in [-0.05, 0) is 49.4 Å². The quantitative estimate of drug-likeness (QED) is 0.511. The molecule has 1 aliphatic rings. The van der Waals surface area contributed by atoms with E-state index in [9.17, 15) is 4.79 Å². The molecule has 2 aromatic heterocycles. The van der Waals surface area contributed by atoms with Crippen LogP contribution in [0, 0.1) is 6.92 Å². The fraction of sp³-hybridized carbons (Fsp3) is 0.286. The van der Waals surface area contributed by atoms with Gasteiger partial charge in [0.2, 0.25) is 0 Å². The van der Waals surface area contributed by atoms with Gasteiger partial charge in [0, 0.05) is 29.4 Å². The summed E-state index contributed by atoms with van der Waals surface area (Å²) in [6.07, 6.45) is 6.58. The van der Waals surface area contributed by atoms with Crippen LogP contribution >= 0.6 is 11.8 Å². The van der Waals surface area contributed by atoms with Gasteiger partial charge in [0.1, 0.15) is 5.03 Å². The first-order valence-electron chi connectivity index (χ1n) is 8.90. The second-order valence-electron chi connectivity index (χ2n) is 6.69. The second kappa shape index (κ2) is 7.46. The lowest BCUT2D eigenvalue weighted by Gasteiger charge is -2.14. The predicted molar refractivity (Wildman–Crippen MR) is 105 cm³/mol. The van der Waals surface area contributed by atoms with Crippen LogP contribution in [0.2, 0.25) is 0 Å². The minimum Gasteiger partial charge on any atom is -0.292 e. The topological polar surface area (TPSA) is 47.8 Å². The van der Waals surface area contributed by atoms with Crippen LogP contribution in [-0.4, -0.2) is 14.5 Å². The van der Waals surface area contributed by atoms with Crippen LogP contribution in [0.1, 0.15) is 34.4 Å². The number of fused-ring (bicyclic) bond motifs is 1. The summed E-state index contributed by atoms with van der Waals surface area (Å²) in [5.41, 5.74) is 5.88. The summed E-state index contributed by atoms with van der Waals surface area (Å²) in [5.74, 6) is 0.841. The van der Waals surface area contributed by atoms with Gasteiger partial charge in [0.05, 0.1) is 6.54 Å². The van der Waals surface area contributed by atoms with Crippen molar-refractivity contribution < 1.29 is 0 Å². The van der Waals surface area contributed by atoms with E-state index in [0.717, 1.165) is 41.3 Å². The Morgan fingerprint density at radius 3 is 2.58 bits per heavy atom. The van der Waals surface area contributed by atoms with E-state index in [-0.39, 0.29) is 5.69 Å². The van der Waals surface area contributed by atoms with Crippen LogP contribution < -0.4 is 5.69 Å². The van der Waals surface area contributed by atoms with Crippen LogP contribution in [0.25, 0.3) is 0 Å². The molecule has 1 aliphatic carbocycles. The number of aromatic nitrogens is 3. The Morgan fingerprint density at radius 1 is 1.04 bits per heavy atom. The Morgan fingerprint density at radius 2 is 1.81 bits per heavy atom. The molecule has 0 aliphatic heterocycles. The molecule has 26 heavy (non-hydrogen) atoms. The number of benzene rings is 1. The molecule has 0 N–H and O–H groups in total. The zero-order valence-corrected chi connectivity index (χ0v) is 15.6. The molecule has 0 atom stereocenters. The van der Waals surface area contributed by atoms with Gasteiger partial charge in [-0.15, -0.1) is 11.8 Å². The van der Waals surface area contributed by atoms with E-state index in [4.69, 9.17) is 0 Å². The second-order valence-corrected chi connectivity index (χ2v) is 7.66. The molecule has 0 radical (unpaired) electrons. The van der Waals surface area contributed by atoms with E-state index in [1.165, 1.54) is 16.7 Å².